The smallest absolute Gasteiger partial charge is 0.411 e. The van der Waals surface area contributed by atoms with Crippen molar-refractivity contribution in [1.82, 2.24) is 4.90 Å². The SMILES string of the molecule is CC(C)(C)OC(=O)N1C[C@H](OCc2ccccc2)C[C@@]1(C)C(=O)O. The molecule has 2 rings (SSSR count). The van der Waals surface area contributed by atoms with Crippen molar-refractivity contribution in [1.29, 1.82) is 0 Å². The predicted octanol–water partition coefficient (Wildman–Crippen LogP) is 3.06. The third kappa shape index (κ3) is 4.26. The van der Waals surface area contributed by atoms with E-state index in [1.165, 1.54) is 11.8 Å². The van der Waals surface area contributed by atoms with Gasteiger partial charge in [-0.2, -0.15) is 0 Å². The lowest BCUT2D eigenvalue weighted by Crippen LogP contribution is -2.52. The minimum absolute atomic E-state index is 0.199. The highest BCUT2D eigenvalue weighted by atomic mass is 16.6. The quantitative estimate of drug-likeness (QED) is 0.915. The van der Waals surface area contributed by atoms with Gasteiger partial charge >= 0.3 is 12.1 Å². The van der Waals surface area contributed by atoms with Crippen molar-refractivity contribution in [2.45, 2.75) is 58.0 Å². The molecular formula is C18H25NO5. The first-order valence-electron chi connectivity index (χ1n) is 8.01. The van der Waals surface area contributed by atoms with Crippen LogP contribution in [0.25, 0.3) is 0 Å². The molecule has 1 N–H and O–H groups in total. The third-order valence-corrected chi connectivity index (χ3v) is 4.01. The monoisotopic (exact) mass is 335 g/mol. The van der Waals surface area contributed by atoms with Gasteiger partial charge in [0.15, 0.2) is 0 Å². The number of rotatable bonds is 4. The Kier molecular flexibility index (Phi) is 5.18. The van der Waals surface area contributed by atoms with Gasteiger partial charge in [-0.3, -0.25) is 4.90 Å². The summed E-state index contributed by atoms with van der Waals surface area (Å²) in [6, 6.07) is 9.64. The van der Waals surface area contributed by atoms with E-state index in [1.54, 1.807) is 20.8 Å². The molecule has 1 saturated heterocycles. The molecule has 1 amide bonds. The van der Waals surface area contributed by atoms with Crippen LogP contribution in [0.5, 0.6) is 0 Å². The number of likely N-dealkylation sites (tertiary alicyclic amines) is 1. The molecule has 0 radical (unpaired) electrons. The molecule has 24 heavy (non-hydrogen) atoms. The average molecular weight is 335 g/mol. The zero-order valence-electron chi connectivity index (χ0n) is 14.6. The van der Waals surface area contributed by atoms with E-state index < -0.39 is 23.2 Å². The predicted molar refractivity (Wildman–Crippen MR) is 88.6 cm³/mol. The minimum atomic E-state index is -1.33. The van der Waals surface area contributed by atoms with Gasteiger partial charge < -0.3 is 14.6 Å². The van der Waals surface area contributed by atoms with Crippen LogP contribution < -0.4 is 0 Å². The lowest BCUT2D eigenvalue weighted by Gasteiger charge is -2.32. The highest BCUT2D eigenvalue weighted by Crippen LogP contribution is 2.33. The van der Waals surface area contributed by atoms with Crippen molar-refractivity contribution in [2.75, 3.05) is 6.54 Å². The summed E-state index contributed by atoms with van der Waals surface area (Å²) in [6.07, 6.45) is -0.744. The molecule has 6 nitrogen and oxygen atoms in total. The number of hydrogen-bond donors (Lipinski definition) is 1. The maximum atomic E-state index is 12.4. The molecule has 1 aromatic carbocycles. The van der Waals surface area contributed by atoms with Crippen LogP contribution >= 0.6 is 0 Å². The second kappa shape index (κ2) is 6.81. The van der Waals surface area contributed by atoms with Crippen LogP contribution in [0, 0.1) is 0 Å². The Balaban J connectivity index is 2.07. The molecule has 2 atom stereocenters. The fourth-order valence-corrected chi connectivity index (χ4v) is 2.72. The van der Waals surface area contributed by atoms with Gasteiger partial charge in [0.25, 0.3) is 0 Å². The molecule has 1 aliphatic heterocycles. The maximum Gasteiger partial charge on any atom is 0.411 e. The lowest BCUT2D eigenvalue weighted by atomic mass is 9.98. The Hall–Kier alpha value is -2.08. The molecular weight excluding hydrogens is 310 g/mol. The topological polar surface area (TPSA) is 76.1 Å². The largest absolute Gasteiger partial charge is 0.480 e. The number of carboxylic acids is 1. The molecule has 1 aliphatic rings. The van der Waals surface area contributed by atoms with Crippen LogP contribution in [0.15, 0.2) is 30.3 Å². The van der Waals surface area contributed by atoms with Crippen molar-refractivity contribution in [3.05, 3.63) is 35.9 Å². The van der Waals surface area contributed by atoms with Crippen molar-refractivity contribution >= 4 is 12.1 Å². The number of aliphatic carboxylic acids is 1. The molecule has 1 heterocycles. The van der Waals surface area contributed by atoms with Gasteiger partial charge in [-0.25, -0.2) is 9.59 Å². The molecule has 132 valence electrons. The summed E-state index contributed by atoms with van der Waals surface area (Å²) < 4.78 is 11.2. The van der Waals surface area contributed by atoms with Crippen molar-refractivity contribution in [2.24, 2.45) is 0 Å². The average Bonchev–Trinajstić information content (AvgIpc) is 2.83. The Labute approximate surface area is 142 Å². The fraction of sp³-hybridized carbons (Fsp3) is 0.556. The summed E-state index contributed by atoms with van der Waals surface area (Å²) in [5.74, 6) is -1.06. The van der Waals surface area contributed by atoms with Gasteiger partial charge in [0, 0.05) is 6.42 Å². The number of nitrogens with zero attached hydrogens (tertiary/aromatic N) is 1. The van der Waals surface area contributed by atoms with Gasteiger partial charge in [-0.1, -0.05) is 30.3 Å². The second-order valence-electron chi connectivity index (χ2n) is 7.29. The van der Waals surface area contributed by atoms with Crippen molar-refractivity contribution in [3.63, 3.8) is 0 Å². The number of carbonyl (C=O) groups excluding carboxylic acids is 1. The normalized spacial score (nSPS) is 24.0. The molecule has 0 aliphatic carbocycles. The summed E-state index contributed by atoms with van der Waals surface area (Å²) >= 11 is 0. The second-order valence-corrected chi connectivity index (χ2v) is 7.29. The van der Waals surface area contributed by atoms with E-state index in [0.29, 0.717) is 6.61 Å². The molecule has 1 aromatic rings. The van der Waals surface area contributed by atoms with Gasteiger partial charge in [-0.05, 0) is 33.3 Å². The first-order chi connectivity index (χ1) is 11.1. The van der Waals surface area contributed by atoms with Crippen LogP contribution in [0.2, 0.25) is 0 Å². The number of benzene rings is 1. The van der Waals surface area contributed by atoms with Crippen molar-refractivity contribution < 1.29 is 24.2 Å². The minimum Gasteiger partial charge on any atom is -0.480 e. The summed E-state index contributed by atoms with van der Waals surface area (Å²) in [4.78, 5) is 25.4. The van der Waals surface area contributed by atoms with Gasteiger partial charge in [0.1, 0.15) is 11.1 Å². The summed E-state index contributed by atoms with van der Waals surface area (Å²) in [5.41, 5.74) is -1.01. The Morgan fingerprint density at radius 2 is 1.92 bits per heavy atom. The summed E-state index contributed by atoms with van der Waals surface area (Å²) in [7, 11) is 0. The summed E-state index contributed by atoms with van der Waals surface area (Å²) in [5, 5.41) is 9.59. The van der Waals surface area contributed by atoms with Crippen LogP contribution in [0.4, 0.5) is 4.79 Å². The molecule has 0 bridgehead atoms. The number of carboxylic acid groups (broad SMARTS) is 1. The summed E-state index contributed by atoms with van der Waals surface area (Å²) in [6.45, 7) is 7.37. The molecule has 6 heteroatoms. The molecule has 0 spiro atoms. The molecule has 0 aromatic heterocycles. The molecule has 1 fully saturated rings. The number of carbonyl (C=O) groups is 2. The Morgan fingerprint density at radius 3 is 2.46 bits per heavy atom. The van der Waals surface area contributed by atoms with Crippen LogP contribution in [-0.2, 0) is 20.9 Å². The highest BCUT2D eigenvalue weighted by molar-refractivity contribution is 5.85. The van der Waals surface area contributed by atoms with Gasteiger partial charge in [0.05, 0.1) is 19.3 Å². The zero-order valence-corrected chi connectivity index (χ0v) is 14.6. The van der Waals surface area contributed by atoms with E-state index in [2.05, 4.69) is 0 Å². The molecule has 0 unspecified atom stereocenters. The number of hydrogen-bond acceptors (Lipinski definition) is 4. The number of ether oxygens (including phenoxy) is 2. The van der Waals surface area contributed by atoms with E-state index >= 15 is 0 Å². The number of amides is 1. The molecule has 0 saturated carbocycles. The maximum absolute atomic E-state index is 12.4. The van der Waals surface area contributed by atoms with E-state index in [-0.39, 0.29) is 19.1 Å². The third-order valence-electron chi connectivity index (χ3n) is 4.01. The van der Waals surface area contributed by atoms with Crippen LogP contribution in [0.3, 0.4) is 0 Å². The highest BCUT2D eigenvalue weighted by Gasteiger charge is 2.51. The van der Waals surface area contributed by atoms with Crippen LogP contribution in [0.1, 0.15) is 39.7 Å². The first-order valence-corrected chi connectivity index (χ1v) is 8.01. The Morgan fingerprint density at radius 1 is 1.29 bits per heavy atom. The van der Waals surface area contributed by atoms with E-state index in [9.17, 15) is 14.7 Å². The van der Waals surface area contributed by atoms with Gasteiger partial charge in [0.2, 0.25) is 0 Å². The lowest BCUT2D eigenvalue weighted by molar-refractivity contribution is -0.148. The standard InChI is InChI=1S/C18H25NO5/c1-17(2,3)24-16(22)19-11-14(10-18(19,4)15(20)21)23-12-13-8-6-5-7-9-13/h5-9,14H,10-12H2,1-4H3,(H,20,21)/t14-,18+/m1/s1. The van der Waals surface area contributed by atoms with E-state index in [0.717, 1.165) is 5.56 Å². The van der Waals surface area contributed by atoms with Gasteiger partial charge in [-0.15, -0.1) is 0 Å². The van der Waals surface area contributed by atoms with Crippen LogP contribution in [-0.4, -0.2) is 45.9 Å². The zero-order chi connectivity index (χ0) is 18.0. The first kappa shape index (κ1) is 18.3. The van der Waals surface area contributed by atoms with Crippen molar-refractivity contribution in [3.8, 4) is 0 Å². The fourth-order valence-electron chi connectivity index (χ4n) is 2.72. The van der Waals surface area contributed by atoms with E-state index in [4.69, 9.17) is 9.47 Å². The van der Waals surface area contributed by atoms with E-state index in [1.807, 2.05) is 30.3 Å². The Bertz CT molecular complexity index is 595.